The molecule has 1 heterocycles. The number of aromatic nitrogens is 3. The second kappa shape index (κ2) is 4.25. The van der Waals surface area contributed by atoms with Gasteiger partial charge in [-0.25, -0.2) is 4.98 Å². The fraction of sp³-hybridized carbons (Fsp3) is 0.750. The Kier molecular flexibility index (Phi) is 2.95. The number of hydrogen-bond donors (Lipinski definition) is 1. The Morgan fingerprint density at radius 2 is 2.12 bits per heavy atom. The van der Waals surface area contributed by atoms with Gasteiger partial charge in [-0.15, -0.1) is 0 Å². The summed E-state index contributed by atoms with van der Waals surface area (Å²) < 4.78 is 0. The molecular formula is C12H18N4. The highest BCUT2D eigenvalue weighted by Crippen LogP contribution is 2.41. The zero-order valence-corrected chi connectivity index (χ0v) is 9.95. The van der Waals surface area contributed by atoms with E-state index in [0.29, 0.717) is 23.6 Å². The molecule has 0 atom stereocenters. The summed E-state index contributed by atoms with van der Waals surface area (Å²) >= 11 is 0. The topological polar surface area (TPSA) is 65.4 Å². The minimum atomic E-state index is 0.325. The van der Waals surface area contributed by atoms with Gasteiger partial charge in [0.2, 0.25) is 0 Å². The molecule has 1 aliphatic rings. The number of aromatic amines is 1. The average molecular weight is 218 g/mol. The van der Waals surface area contributed by atoms with Gasteiger partial charge >= 0.3 is 0 Å². The van der Waals surface area contributed by atoms with Gasteiger partial charge in [0, 0.05) is 5.92 Å². The van der Waals surface area contributed by atoms with Crippen LogP contribution < -0.4 is 0 Å². The summed E-state index contributed by atoms with van der Waals surface area (Å²) in [5.41, 5.74) is 0.474. The van der Waals surface area contributed by atoms with Crippen LogP contribution in [0.25, 0.3) is 0 Å². The molecule has 0 radical (unpaired) electrons. The van der Waals surface area contributed by atoms with Gasteiger partial charge in [-0.05, 0) is 31.1 Å². The number of nitrogens with zero attached hydrogens (tertiary/aromatic N) is 3. The Bertz CT molecular complexity index is 389. The monoisotopic (exact) mass is 218 g/mol. The third-order valence-electron chi connectivity index (χ3n) is 3.50. The standard InChI is InChI=1S/C12H18N4/c1-12(2)6-3-9(4-7-12)11-14-10(5-8-13)15-16-11/h9H,3-7H2,1-2H3,(H,14,15,16). The predicted octanol–water partition coefficient (Wildman–Crippen LogP) is 2.55. The molecule has 0 spiro atoms. The lowest BCUT2D eigenvalue weighted by molar-refractivity contribution is 0.221. The van der Waals surface area contributed by atoms with Crippen LogP contribution in [0.1, 0.15) is 57.1 Å². The van der Waals surface area contributed by atoms with E-state index in [0.717, 1.165) is 18.7 Å². The van der Waals surface area contributed by atoms with E-state index in [9.17, 15) is 0 Å². The maximum absolute atomic E-state index is 8.57. The summed E-state index contributed by atoms with van der Waals surface area (Å²) in [6.45, 7) is 4.64. The number of rotatable bonds is 2. The Morgan fingerprint density at radius 1 is 1.44 bits per heavy atom. The average Bonchev–Trinajstić information content (AvgIpc) is 2.67. The van der Waals surface area contributed by atoms with Crippen LogP contribution in [0.4, 0.5) is 0 Å². The first kappa shape index (κ1) is 11.1. The summed E-state index contributed by atoms with van der Waals surface area (Å²) in [7, 11) is 0. The van der Waals surface area contributed by atoms with Crippen molar-refractivity contribution >= 4 is 0 Å². The van der Waals surface area contributed by atoms with Crippen molar-refractivity contribution in [1.29, 1.82) is 5.26 Å². The van der Waals surface area contributed by atoms with E-state index in [4.69, 9.17) is 5.26 Å². The molecule has 4 heteroatoms. The van der Waals surface area contributed by atoms with Gasteiger partial charge in [0.1, 0.15) is 5.82 Å². The Hall–Kier alpha value is -1.37. The Balaban J connectivity index is 2.00. The Morgan fingerprint density at radius 3 is 2.75 bits per heavy atom. The number of nitriles is 1. The molecule has 0 aliphatic heterocycles. The van der Waals surface area contributed by atoms with E-state index in [1.807, 2.05) is 0 Å². The van der Waals surface area contributed by atoms with Crippen molar-refractivity contribution in [3.05, 3.63) is 11.6 Å². The molecule has 4 nitrogen and oxygen atoms in total. The zero-order chi connectivity index (χ0) is 11.6. The number of hydrogen-bond acceptors (Lipinski definition) is 3. The quantitative estimate of drug-likeness (QED) is 0.829. The third kappa shape index (κ3) is 2.41. The summed E-state index contributed by atoms with van der Waals surface area (Å²) in [5, 5.41) is 15.6. The molecule has 0 unspecified atom stereocenters. The first-order valence-corrected chi connectivity index (χ1v) is 5.89. The highest BCUT2D eigenvalue weighted by Gasteiger charge is 2.29. The van der Waals surface area contributed by atoms with Crippen molar-refractivity contribution in [3.63, 3.8) is 0 Å². The molecule has 1 fully saturated rings. The maximum Gasteiger partial charge on any atom is 0.153 e. The highest BCUT2D eigenvalue weighted by molar-refractivity contribution is 5.03. The van der Waals surface area contributed by atoms with E-state index in [-0.39, 0.29) is 0 Å². The summed E-state index contributed by atoms with van der Waals surface area (Å²) in [6, 6.07) is 2.08. The first-order chi connectivity index (χ1) is 7.61. The van der Waals surface area contributed by atoms with Crippen LogP contribution >= 0.6 is 0 Å². The van der Waals surface area contributed by atoms with Gasteiger partial charge in [-0.3, -0.25) is 5.10 Å². The molecule has 0 aromatic carbocycles. The third-order valence-corrected chi connectivity index (χ3v) is 3.50. The van der Waals surface area contributed by atoms with Gasteiger partial charge in [0.15, 0.2) is 5.82 Å². The molecule has 1 N–H and O–H groups in total. The minimum Gasteiger partial charge on any atom is -0.262 e. The molecule has 0 saturated heterocycles. The fourth-order valence-corrected chi connectivity index (χ4v) is 2.30. The molecule has 1 aromatic rings. The summed E-state index contributed by atoms with van der Waals surface area (Å²) in [6.07, 6.45) is 5.12. The van der Waals surface area contributed by atoms with Gasteiger partial charge in [0.05, 0.1) is 12.5 Å². The van der Waals surface area contributed by atoms with Crippen LogP contribution in [-0.4, -0.2) is 15.2 Å². The van der Waals surface area contributed by atoms with Gasteiger partial charge < -0.3 is 0 Å². The van der Waals surface area contributed by atoms with E-state index in [2.05, 4.69) is 35.1 Å². The van der Waals surface area contributed by atoms with Crippen LogP contribution in [0.2, 0.25) is 0 Å². The van der Waals surface area contributed by atoms with E-state index >= 15 is 0 Å². The smallest absolute Gasteiger partial charge is 0.153 e. The first-order valence-electron chi connectivity index (χ1n) is 5.89. The molecule has 1 aliphatic carbocycles. The molecule has 2 rings (SSSR count). The van der Waals surface area contributed by atoms with E-state index < -0.39 is 0 Å². The van der Waals surface area contributed by atoms with Crippen LogP contribution in [0, 0.1) is 16.7 Å². The highest BCUT2D eigenvalue weighted by atomic mass is 15.2. The zero-order valence-electron chi connectivity index (χ0n) is 9.95. The SMILES string of the molecule is CC1(C)CCC(c2n[nH]c(CC#N)n2)CC1. The van der Waals surface area contributed by atoms with Crippen LogP contribution in [0.15, 0.2) is 0 Å². The van der Waals surface area contributed by atoms with Crippen molar-refractivity contribution in [2.75, 3.05) is 0 Å². The van der Waals surface area contributed by atoms with Crippen LogP contribution in [0.3, 0.4) is 0 Å². The van der Waals surface area contributed by atoms with Crippen LogP contribution in [-0.2, 0) is 6.42 Å². The molecule has 0 amide bonds. The predicted molar refractivity (Wildman–Crippen MR) is 60.7 cm³/mol. The molecule has 0 bridgehead atoms. The maximum atomic E-state index is 8.57. The van der Waals surface area contributed by atoms with Gasteiger partial charge in [-0.2, -0.15) is 10.4 Å². The molecule has 16 heavy (non-hydrogen) atoms. The van der Waals surface area contributed by atoms with Crippen molar-refractivity contribution in [2.45, 2.75) is 51.9 Å². The number of nitrogens with one attached hydrogen (secondary N) is 1. The fourth-order valence-electron chi connectivity index (χ4n) is 2.30. The van der Waals surface area contributed by atoms with Gasteiger partial charge in [-0.1, -0.05) is 13.8 Å². The lowest BCUT2D eigenvalue weighted by Gasteiger charge is -2.33. The lowest BCUT2D eigenvalue weighted by Crippen LogP contribution is -2.20. The summed E-state index contributed by atoms with van der Waals surface area (Å²) in [4.78, 5) is 4.38. The lowest BCUT2D eigenvalue weighted by atomic mass is 9.73. The Labute approximate surface area is 96.1 Å². The largest absolute Gasteiger partial charge is 0.262 e. The molecule has 1 saturated carbocycles. The molecule has 1 aromatic heterocycles. The van der Waals surface area contributed by atoms with Gasteiger partial charge in [0.25, 0.3) is 0 Å². The second-order valence-corrected chi connectivity index (χ2v) is 5.41. The van der Waals surface area contributed by atoms with Crippen molar-refractivity contribution in [1.82, 2.24) is 15.2 Å². The van der Waals surface area contributed by atoms with Crippen molar-refractivity contribution < 1.29 is 0 Å². The normalized spacial score (nSPS) is 20.6. The van der Waals surface area contributed by atoms with Crippen LogP contribution in [0.5, 0.6) is 0 Å². The summed E-state index contributed by atoms with van der Waals surface area (Å²) in [5.74, 6) is 2.08. The molecule has 86 valence electrons. The number of H-pyrrole nitrogens is 1. The second-order valence-electron chi connectivity index (χ2n) is 5.41. The van der Waals surface area contributed by atoms with Crippen molar-refractivity contribution in [2.24, 2.45) is 5.41 Å². The van der Waals surface area contributed by atoms with Crippen molar-refractivity contribution in [3.8, 4) is 6.07 Å². The molecular weight excluding hydrogens is 200 g/mol. The van der Waals surface area contributed by atoms with E-state index in [1.165, 1.54) is 12.8 Å². The van der Waals surface area contributed by atoms with E-state index in [1.54, 1.807) is 0 Å². The minimum absolute atomic E-state index is 0.325.